The van der Waals surface area contributed by atoms with Gasteiger partial charge >= 0.3 is 12.2 Å². The Labute approximate surface area is 362 Å². The predicted molar refractivity (Wildman–Crippen MR) is 236 cm³/mol. The number of H-pyrrole nitrogens is 2. The number of nitrogens with one attached hydrogen (secondary N) is 4. The van der Waals surface area contributed by atoms with Gasteiger partial charge in [-0.2, -0.15) is 0 Å². The number of rotatable bonds is 12. The van der Waals surface area contributed by atoms with Crippen LogP contribution in [-0.2, 0) is 23.8 Å². The first-order chi connectivity index (χ1) is 29.6. The molecule has 3 aromatic carbocycles. The summed E-state index contributed by atoms with van der Waals surface area (Å²) in [5.41, 5.74) is 5.29. The molecule has 0 radical (unpaired) electrons. The number of aromatic amines is 2. The van der Waals surface area contributed by atoms with Crippen LogP contribution in [0.4, 0.5) is 9.59 Å². The maximum atomic E-state index is 14.0. The van der Waals surface area contributed by atoms with Gasteiger partial charge in [0.05, 0.1) is 61.8 Å². The summed E-state index contributed by atoms with van der Waals surface area (Å²) in [5.74, 6) is 0.923. The molecule has 0 aliphatic carbocycles. The molecule has 7 rings (SSSR count). The van der Waals surface area contributed by atoms with Crippen LogP contribution in [0.15, 0.2) is 73.1 Å². The van der Waals surface area contributed by atoms with E-state index in [4.69, 9.17) is 24.2 Å². The Morgan fingerprint density at radius 2 is 1.11 bits per heavy atom. The van der Waals surface area contributed by atoms with Crippen molar-refractivity contribution in [3.8, 4) is 33.6 Å². The van der Waals surface area contributed by atoms with Crippen LogP contribution in [0.3, 0.4) is 0 Å². The van der Waals surface area contributed by atoms with E-state index in [9.17, 15) is 19.2 Å². The van der Waals surface area contributed by atoms with Gasteiger partial charge in [0.15, 0.2) is 0 Å². The molecule has 5 atom stereocenters. The number of carbonyl (C=O) groups excluding carboxylic acids is 4. The molecule has 0 saturated carbocycles. The number of nitrogens with zero attached hydrogens (tertiary/aromatic N) is 4. The van der Waals surface area contributed by atoms with E-state index in [0.717, 1.165) is 75.9 Å². The molecule has 0 spiro atoms. The summed E-state index contributed by atoms with van der Waals surface area (Å²) in [6, 6.07) is 18.9. The van der Waals surface area contributed by atoms with Gasteiger partial charge in [-0.05, 0) is 98.9 Å². The Hall–Kier alpha value is -6.22. The van der Waals surface area contributed by atoms with E-state index in [2.05, 4.69) is 81.3 Å². The molecule has 2 aromatic heterocycles. The monoisotopic (exact) mass is 846 g/mol. The van der Waals surface area contributed by atoms with Crippen molar-refractivity contribution in [1.29, 1.82) is 0 Å². The fraction of sp³-hybridized carbons (Fsp3) is 0.447. The lowest BCUT2D eigenvalue weighted by Gasteiger charge is -2.34. The first kappa shape index (κ1) is 43.9. The zero-order valence-electron chi connectivity index (χ0n) is 36.8. The van der Waals surface area contributed by atoms with Gasteiger partial charge in [0.25, 0.3) is 0 Å². The molecule has 2 fully saturated rings. The first-order valence-electron chi connectivity index (χ1n) is 21.4. The molecule has 2 aliphatic rings. The van der Waals surface area contributed by atoms with E-state index in [1.165, 1.54) is 14.2 Å². The number of amides is 4. The molecule has 62 heavy (non-hydrogen) atoms. The molecule has 5 aromatic rings. The molecule has 15 nitrogen and oxygen atoms in total. The van der Waals surface area contributed by atoms with Crippen molar-refractivity contribution in [2.75, 3.05) is 27.3 Å². The molecule has 15 heteroatoms. The highest BCUT2D eigenvalue weighted by Crippen LogP contribution is 2.36. The largest absolute Gasteiger partial charge is 0.453 e. The summed E-state index contributed by atoms with van der Waals surface area (Å²) in [6.07, 6.45) is 4.87. The molecule has 4 N–H and O–H groups in total. The Morgan fingerprint density at radius 1 is 0.661 bits per heavy atom. The number of hydrogen-bond donors (Lipinski definition) is 4. The van der Waals surface area contributed by atoms with Gasteiger partial charge in [0, 0.05) is 18.7 Å². The summed E-state index contributed by atoms with van der Waals surface area (Å²) in [4.78, 5) is 71.8. The minimum absolute atomic E-state index is 0.109. The Morgan fingerprint density at radius 3 is 1.63 bits per heavy atom. The number of hydrogen-bond acceptors (Lipinski definition) is 9. The molecule has 2 aliphatic heterocycles. The molecule has 328 valence electrons. The average molecular weight is 847 g/mol. The van der Waals surface area contributed by atoms with Crippen molar-refractivity contribution in [3.63, 3.8) is 0 Å². The quantitative estimate of drug-likeness (QED) is 0.0969. The van der Waals surface area contributed by atoms with Crippen LogP contribution in [0.25, 0.3) is 44.4 Å². The zero-order valence-corrected chi connectivity index (χ0v) is 36.8. The van der Waals surface area contributed by atoms with Crippen molar-refractivity contribution in [2.45, 2.75) is 103 Å². The first-order valence-corrected chi connectivity index (χ1v) is 21.4. The van der Waals surface area contributed by atoms with Crippen LogP contribution in [-0.4, -0.2) is 105 Å². The fourth-order valence-corrected chi connectivity index (χ4v) is 8.62. The minimum atomic E-state index is -0.928. The third kappa shape index (κ3) is 9.62. The van der Waals surface area contributed by atoms with Gasteiger partial charge in [-0.15, -0.1) is 0 Å². The van der Waals surface area contributed by atoms with Crippen LogP contribution in [0.1, 0.15) is 91.0 Å². The highest BCUT2D eigenvalue weighted by atomic mass is 16.5. The molecular weight excluding hydrogens is 789 g/mol. The molecule has 4 heterocycles. The Kier molecular flexibility index (Phi) is 13.0. The lowest BCUT2D eigenvalue weighted by Crippen LogP contribution is -2.55. The van der Waals surface area contributed by atoms with Crippen LogP contribution >= 0.6 is 0 Å². The van der Waals surface area contributed by atoms with E-state index < -0.39 is 36.0 Å². The van der Waals surface area contributed by atoms with Gasteiger partial charge < -0.3 is 44.6 Å². The smallest absolute Gasteiger partial charge is 0.407 e. The van der Waals surface area contributed by atoms with E-state index in [1.54, 1.807) is 18.0 Å². The average Bonchev–Trinajstić information content (AvgIpc) is 4.10. The zero-order chi connectivity index (χ0) is 44.3. The lowest BCUT2D eigenvalue weighted by molar-refractivity contribution is -0.142. The Bertz CT molecular complexity index is 2400. The van der Waals surface area contributed by atoms with Crippen LogP contribution in [0.5, 0.6) is 0 Å². The van der Waals surface area contributed by atoms with Crippen LogP contribution in [0, 0.1) is 5.92 Å². The van der Waals surface area contributed by atoms with Gasteiger partial charge in [0.1, 0.15) is 23.7 Å². The lowest BCUT2D eigenvalue weighted by atomic mass is 9.98. The van der Waals surface area contributed by atoms with Gasteiger partial charge in [-0.1, -0.05) is 62.4 Å². The number of fused-ring (bicyclic) bond motifs is 1. The van der Waals surface area contributed by atoms with Gasteiger partial charge in [0.2, 0.25) is 11.8 Å². The summed E-state index contributed by atoms with van der Waals surface area (Å²) < 4.78 is 15.7. The standard InChI is InChI=1S/C47H58N8O7/c1-27(2)39(52-45(58)60-7)43(56)54-21-9-11-37(54)42-49-26-36(51-42)34-20-19-32-23-31(17-18-33(32)24-34)29-13-15-30(16-14-29)35-25-48-41(50-35)38-12-10-22-55(38)44(57)40(53-46(59)61-8)28(3)62-47(4,5)6/h13-20,23-28,37-40H,9-12,21-22H2,1-8H3,(H,48,50)(H,49,51)(H,52,58)(H,53,59)/t28-,37+,38+,39?,40+/m1/s1. The third-order valence-corrected chi connectivity index (χ3v) is 11.7. The fourth-order valence-electron chi connectivity index (χ4n) is 8.62. The summed E-state index contributed by atoms with van der Waals surface area (Å²) >= 11 is 0. The predicted octanol–water partition coefficient (Wildman–Crippen LogP) is 7.92. The number of methoxy groups -OCH3 is 2. The van der Waals surface area contributed by atoms with E-state index in [1.807, 2.05) is 45.7 Å². The maximum absolute atomic E-state index is 14.0. The highest BCUT2D eigenvalue weighted by molar-refractivity contribution is 5.91. The topological polar surface area (TPSA) is 184 Å². The SMILES string of the molecule is COC(=O)NC(C(=O)N1CCC[C@H]1c1ncc(-c2ccc3cc(-c4ccc(-c5cnc([C@@H]6CCCN6C(=O)[C@@H](NC(=O)OC)[C@@H](C)OC(C)(C)C)[nH]5)cc4)ccc3c2)[nH]1)C(C)C. The number of alkyl carbamates (subject to hydrolysis) is 2. The van der Waals surface area contributed by atoms with E-state index in [0.29, 0.717) is 18.9 Å². The second kappa shape index (κ2) is 18.4. The van der Waals surface area contributed by atoms with Crippen LogP contribution in [0.2, 0.25) is 0 Å². The summed E-state index contributed by atoms with van der Waals surface area (Å²) in [7, 11) is 2.56. The number of imidazole rings is 2. The van der Waals surface area contributed by atoms with Crippen molar-refractivity contribution in [1.82, 2.24) is 40.4 Å². The number of benzene rings is 3. The van der Waals surface area contributed by atoms with Gasteiger partial charge in [-0.25, -0.2) is 19.6 Å². The van der Waals surface area contributed by atoms with E-state index >= 15 is 0 Å². The summed E-state index contributed by atoms with van der Waals surface area (Å²) in [5, 5.41) is 7.58. The Balaban J connectivity index is 1.02. The highest BCUT2D eigenvalue weighted by Gasteiger charge is 2.40. The van der Waals surface area contributed by atoms with Crippen molar-refractivity contribution in [3.05, 3.63) is 84.7 Å². The molecule has 0 bridgehead atoms. The summed E-state index contributed by atoms with van der Waals surface area (Å²) in [6.45, 7) is 12.4. The van der Waals surface area contributed by atoms with Crippen LogP contribution < -0.4 is 10.6 Å². The third-order valence-electron chi connectivity index (χ3n) is 11.7. The second-order valence-electron chi connectivity index (χ2n) is 17.5. The minimum Gasteiger partial charge on any atom is -0.453 e. The molecular formula is C47H58N8O7. The molecule has 4 amide bonds. The number of ether oxygens (including phenoxy) is 3. The number of likely N-dealkylation sites (tertiary alicyclic amines) is 2. The van der Waals surface area contributed by atoms with E-state index in [-0.39, 0.29) is 29.8 Å². The van der Waals surface area contributed by atoms with Crippen molar-refractivity contribution < 1.29 is 33.4 Å². The molecule has 1 unspecified atom stereocenters. The van der Waals surface area contributed by atoms with Gasteiger partial charge in [-0.3, -0.25) is 9.59 Å². The van der Waals surface area contributed by atoms with Crippen molar-refractivity contribution in [2.24, 2.45) is 5.92 Å². The maximum Gasteiger partial charge on any atom is 0.407 e. The van der Waals surface area contributed by atoms with Crippen molar-refractivity contribution >= 4 is 34.8 Å². The number of carbonyl (C=O) groups is 4. The second-order valence-corrected chi connectivity index (χ2v) is 17.5. The molecule has 2 saturated heterocycles. The normalized spacial score (nSPS) is 18.1. The number of aromatic nitrogens is 4.